The molecule has 1 saturated heterocycles. The first-order chi connectivity index (χ1) is 12.3. The minimum absolute atomic E-state index is 0.0171. The number of amides is 1. The molecule has 25 heavy (non-hydrogen) atoms. The molecule has 4 rings (SSSR count). The number of rotatable bonds is 4. The second kappa shape index (κ2) is 6.84. The van der Waals surface area contributed by atoms with Gasteiger partial charge in [-0.2, -0.15) is 0 Å². The number of hydrogen-bond acceptors (Lipinski definition) is 5. The fourth-order valence-corrected chi connectivity index (χ4v) is 2.98. The van der Waals surface area contributed by atoms with Gasteiger partial charge >= 0.3 is 0 Å². The number of furan rings is 1. The van der Waals surface area contributed by atoms with Crippen molar-refractivity contribution in [1.29, 1.82) is 0 Å². The average Bonchev–Trinajstić information content (AvgIpc) is 3.34. The van der Waals surface area contributed by atoms with Crippen LogP contribution < -0.4 is 4.74 Å². The molecule has 6 heteroatoms. The van der Waals surface area contributed by atoms with Crippen LogP contribution in [0, 0.1) is 0 Å². The number of carbonyl (C=O) groups excluding carboxylic acids is 1. The highest BCUT2D eigenvalue weighted by Crippen LogP contribution is 2.23. The van der Waals surface area contributed by atoms with Gasteiger partial charge in [0.2, 0.25) is 5.76 Å². The molecule has 3 aromatic rings. The van der Waals surface area contributed by atoms with Crippen LogP contribution in [0.2, 0.25) is 0 Å². The molecule has 1 atom stereocenters. The van der Waals surface area contributed by atoms with Crippen molar-refractivity contribution in [3.63, 3.8) is 0 Å². The molecular formula is C19H18N2O4. The van der Waals surface area contributed by atoms with Gasteiger partial charge in [0.05, 0.1) is 12.8 Å². The van der Waals surface area contributed by atoms with Crippen LogP contribution in [0.15, 0.2) is 63.7 Å². The average molecular weight is 338 g/mol. The molecule has 1 unspecified atom stereocenters. The minimum atomic E-state index is -0.150. The first kappa shape index (κ1) is 15.5. The Kier molecular flexibility index (Phi) is 4.24. The molecule has 1 fully saturated rings. The molecule has 0 N–H and O–H groups in total. The second-order valence-corrected chi connectivity index (χ2v) is 6.00. The van der Waals surface area contributed by atoms with Crippen LogP contribution in [-0.2, 0) is 0 Å². The Bertz CT molecular complexity index is 826. The maximum Gasteiger partial charge on any atom is 0.276 e. The van der Waals surface area contributed by atoms with E-state index in [-0.39, 0.29) is 17.7 Å². The Morgan fingerprint density at radius 2 is 2.04 bits per heavy atom. The van der Waals surface area contributed by atoms with E-state index in [9.17, 15) is 4.79 Å². The molecule has 128 valence electrons. The summed E-state index contributed by atoms with van der Waals surface area (Å²) in [6.07, 6.45) is 3.35. The summed E-state index contributed by atoms with van der Waals surface area (Å²) >= 11 is 0. The molecular weight excluding hydrogens is 320 g/mol. The van der Waals surface area contributed by atoms with Gasteiger partial charge in [-0.3, -0.25) is 4.79 Å². The minimum Gasteiger partial charge on any atom is -0.489 e. The highest BCUT2D eigenvalue weighted by Gasteiger charge is 2.28. The van der Waals surface area contributed by atoms with Gasteiger partial charge in [0.25, 0.3) is 5.91 Å². The number of nitrogens with zero attached hydrogens (tertiary/aromatic N) is 2. The van der Waals surface area contributed by atoms with Gasteiger partial charge in [-0.1, -0.05) is 23.4 Å². The van der Waals surface area contributed by atoms with Gasteiger partial charge in [-0.15, -0.1) is 0 Å². The van der Waals surface area contributed by atoms with E-state index in [1.54, 1.807) is 29.4 Å². The third kappa shape index (κ3) is 3.42. The van der Waals surface area contributed by atoms with Gasteiger partial charge in [0.15, 0.2) is 11.5 Å². The summed E-state index contributed by atoms with van der Waals surface area (Å²) < 4.78 is 16.5. The SMILES string of the molecule is O=C(c1cc(-c2ccco2)on1)N1CCCC(Oc2ccccc2)C1. The molecule has 1 aromatic carbocycles. The first-order valence-corrected chi connectivity index (χ1v) is 8.31. The Morgan fingerprint density at radius 3 is 2.84 bits per heavy atom. The van der Waals surface area contributed by atoms with Crippen molar-refractivity contribution in [3.8, 4) is 17.3 Å². The van der Waals surface area contributed by atoms with Gasteiger partial charge in [0.1, 0.15) is 11.9 Å². The number of likely N-dealkylation sites (tertiary alicyclic amines) is 1. The lowest BCUT2D eigenvalue weighted by Gasteiger charge is -2.32. The van der Waals surface area contributed by atoms with Crippen molar-refractivity contribution < 1.29 is 18.5 Å². The number of ether oxygens (including phenoxy) is 1. The molecule has 1 aliphatic rings. The Balaban J connectivity index is 1.43. The maximum atomic E-state index is 12.7. The van der Waals surface area contributed by atoms with E-state index in [1.165, 1.54) is 0 Å². The van der Waals surface area contributed by atoms with Crippen LogP contribution >= 0.6 is 0 Å². The summed E-state index contributed by atoms with van der Waals surface area (Å²) in [5.74, 6) is 1.67. The number of carbonyl (C=O) groups is 1. The predicted molar refractivity (Wildman–Crippen MR) is 90.2 cm³/mol. The Morgan fingerprint density at radius 1 is 1.16 bits per heavy atom. The van der Waals surface area contributed by atoms with Crippen LogP contribution in [0.25, 0.3) is 11.5 Å². The van der Waals surface area contributed by atoms with Gasteiger partial charge in [0, 0.05) is 12.6 Å². The van der Waals surface area contributed by atoms with E-state index in [2.05, 4.69) is 5.16 Å². The van der Waals surface area contributed by atoms with E-state index >= 15 is 0 Å². The zero-order valence-corrected chi connectivity index (χ0v) is 13.6. The monoisotopic (exact) mass is 338 g/mol. The van der Waals surface area contributed by atoms with Crippen LogP contribution in [0.3, 0.4) is 0 Å². The maximum absolute atomic E-state index is 12.7. The quantitative estimate of drug-likeness (QED) is 0.727. The number of piperidine rings is 1. The topological polar surface area (TPSA) is 68.7 Å². The molecule has 3 heterocycles. The predicted octanol–water partition coefficient (Wildman–Crippen LogP) is 3.62. The van der Waals surface area contributed by atoms with Gasteiger partial charge in [-0.25, -0.2) is 0 Å². The van der Waals surface area contributed by atoms with E-state index in [4.69, 9.17) is 13.7 Å². The number of para-hydroxylation sites is 1. The number of benzene rings is 1. The standard InChI is InChI=1S/C19H18N2O4/c22-19(16-12-18(25-20-16)17-9-5-11-23-17)21-10-4-8-15(13-21)24-14-6-2-1-3-7-14/h1-3,5-7,9,11-12,15H,4,8,10,13H2. The van der Waals surface area contributed by atoms with Crippen LogP contribution in [0.1, 0.15) is 23.3 Å². The molecule has 0 radical (unpaired) electrons. The summed E-state index contributed by atoms with van der Waals surface area (Å²) in [5, 5.41) is 3.89. The highest BCUT2D eigenvalue weighted by atomic mass is 16.5. The molecule has 0 bridgehead atoms. The van der Waals surface area contributed by atoms with Gasteiger partial charge in [-0.05, 0) is 37.1 Å². The normalized spacial score (nSPS) is 17.4. The number of hydrogen-bond donors (Lipinski definition) is 0. The van der Waals surface area contributed by atoms with Gasteiger partial charge < -0.3 is 18.6 Å². The first-order valence-electron chi connectivity index (χ1n) is 8.31. The van der Waals surface area contributed by atoms with Crippen molar-refractivity contribution in [3.05, 3.63) is 60.5 Å². The summed E-state index contributed by atoms with van der Waals surface area (Å²) in [7, 11) is 0. The third-order valence-corrected chi connectivity index (χ3v) is 4.20. The summed E-state index contributed by atoms with van der Waals surface area (Å²) in [4.78, 5) is 14.5. The van der Waals surface area contributed by atoms with Crippen molar-refractivity contribution in [2.45, 2.75) is 18.9 Å². The molecule has 1 amide bonds. The Labute approximate surface area is 145 Å². The van der Waals surface area contributed by atoms with Crippen molar-refractivity contribution in [2.24, 2.45) is 0 Å². The van der Waals surface area contributed by atoms with Crippen molar-refractivity contribution in [2.75, 3.05) is 13.1 Å². The van der Waals surface area contributed by atoms with Crippen LogP contribution in [0.4, 0.5) is 0 Å². The molecule has 0 spiro atoms. The molecule has 0 saturated carbocycles. The molecule has 6 nitrogen and oxygen atoms in total. The molecule has 1 aliphatic heterocycles. The lowest BCUT2D eigenvalue weighted by atomic mass is 10.1. The lowest BCUT2D eigenvalue weighted by Crippen LogP contribution is -2.44. The van der Waals surface area contributed by atoms with E-state index < -0.39 is 0 Å². The van der Waals surface area contributed by atoms with Crippen molar-refractivity contribution >= 4 is 5.91 Å². The lowest BCUT2D eigenvalue weighted by molar-refractivity contribution is 0.0529. The third-order valence-electron chi connectivity index (χ3n) is 4.20. The highest BCUT2D eigenvalue weighted by molar-refractivity contribution is 5.93. The summed E-state index contributed by atoms with van der Waals surface area (Å²) in [6.45, 7) is 1.23. The fraction of sp³-hybridized carbons (Fsp3) is 0.263. The zero-order valence-electron chi connectivity index (χ0n) is 13.6. The van der Waals surface area contributed by atoms with E-state index in [0.29, 0.717) is 24.6 Å². The largest absolute Gasteiger partial charge is 0.489 e. The molecule has 0 aliphatic carbocycles. The van der Waals surface area contributed by atoms with E-state index in [0.717, 1.165) is 18.6 Å². The fourth-order valence-electron chi connectivity index (χ4n) is 2.98. The number of aromatic nitrogens is 1. The smallest absolute Gasteiger partial charge is 0.276 e. The zero-order chi connectivity index (χ0) is 17.1. The van der Waals surface area contributed by atoms with Crippen LogP contribution in [0.5, 0.6) is 5.75 Å². The van der Waals surface area contributed by atoms with Crippen LogP contribution in [-0.4, -0.2) is 35.2 Å². The summed E-state index contributed by atoms with van der Waals surface area (Å²) in [6, 6.07) is 14.8. The Hall–Kier alpha value is -3.02. The summed E-state index contributed by atoms with van der Waals surface area (Å²) in [5.41, 5.74) is 0.284. The van der Waals surface area contributed by atoms with Crippen molar-refractivity contribution in [1.82, 2.24) is 10.1 Å². The second-order valence-electron chi connectivity index (χ2n) is 6.00. The molecule has 2 aromatic heterocycles. The van der Waals surface area contributed by atoms with E-state index in [1.807, 2.05) is 30.3 Å².